The fourth-order valence-electron chi connectivity index (χ4n) is 4.43. The molecule has 0 spiro atoms. The van der Waals surface area contributed by atoms with E-state index in [2.05, 4.69) is 11.9 Å². The Kier molecular flexibility index (Phi) is 5.54. The molecule has 0 saturated heterocycles. The Bertz CT molecular complexity index is 1300. The monoisotopic (exact) mass is 443 g/mol. The van der Waals surface area contributed by atoms with Crippen molar-refractivity contribution in [1.82, 2.24) is 24.3 Å². The standard InChI is InChI=1S/C26H26FN5O/c1-17-12-22(20-6-8-21(27)9-7-20)26-29-25(30-32(26)14-17)11-5-19-4-10-23(24(13-19)33-3)31-15-18(2)28-16-31/h4-11,13,15-17,22H,12,14H2,1-3H3/t17-,22-/m1/s1. The number of hydrogen-bond donors (Lipinski definition) is 0. The first-order valence-corrected chi connectivity index (χ1v) is 11.1. The summed E-state index contributed by atoms with van der Waals surface area (Å²) >= 11 is 0. The zero-order chi connectivity index (χ0) is 22.9. The van der Waals surface area contributed by atoms with Crippen LogP contribution in [0.2, 0.25) is 0 Å². The average molecular weight is 444 g/mol. The molecule has 2 atom stereocenters. The Morgan fingerprint density at radius 1 is 1.12 bits per heavy atom. The van der Waals surface area contributed by atoms with Gasteiger partial charge in [-0.3, -0.25) is 0 Å². The van der Waals surface area contributed by atoms with Gasteiger partial charge in [0, 0.05) is 18.7 Å². The van der Waals surface area contributed by atoms with Gasteiger partial charge in [-0.15, -0.1) is 0 Å². The van der Waals surface area contributed by atoms with Crippen molar-refractivity contribution in [3.8, 4) is 11.4 Å². The molecule has 168 valence electrons. The summed E-state index contributed by atoms with van der Waals surface area (Å²) < 4.78 is 23.0. The van der Waals surface area contributed by atoms with E-state index in [0.717, 1.165) is 47.0 Å². The lowest BCUT2D eigenvalue weighted by Crippen LogP contribution is -2.24. The smallest absolute Gasteiger partial charge is 0.174 e. The first-order valence-electron chi connectivity index (χ1n) is 11.1. The zero-order valence-electron chi connectivity index (χ0n) is 18.9. The van der Waals surface area contributed by atoms with E-state index in [-0.39, 0.29) is 11.7 Å². The quantitative estimate of drug-likeness (QED) is 0.422. The van der Waals surface area contributed by atoms with Gasteiger partial charge in [0.05, 0.1) is 24.8 Å². The van der Waals surface area contributed by atoms with Gasteiger partial charge in [0.15, 0.2) is 5.82 Å². The minimum Gasteiger partial charge on any atom is -0.495 e. The Morgan fingerprint density at radius 2 is 1.94 bits per heavy atom. The number of hydrogen-bond acceptors (Lipinski definition) is 4. The maximum absolute atomic E-state index is 13.4. The van der Waals surface area contributed by atoms with Crippen LogP contribution in [0.25, 0.3) is 17.8 Å². The first-order chi connectivity index (χ1) is 16.0. The summed E-state index contributed by atoms with van der Waals surface area (Å²) in [5.74, 6) is 2.72. The predicted octanol–water partition coefficient (Wildman–Crippen LogP) is 5.26. The van der Waals surface area contributed by atoms with E-state index in [0.29, 0.717) is 11.7 Å². The second kappa shape index (κ2) is 8.65. The number of methoxy groups -OCH3 is 1. The largest absolute Gasteiger partial charge is 0.495 e. The normalized spacial score (nSPS) is 17.9. The average Bonchev–Trinajstić information content (AvgIpc) is 3.43. The van der Waals surface area contributed by atoms with Crippen LogP contribution in [0.3, 0.4) is 0 Å². The number of ether oxygens (including phenoxy) is 1. The van der Waals surface area contributed by atoms with Crippen LogP contribution in [-0.4, -0.2) is 31.4 Å². The number of aryl methyl sites for hydroxylation is 1. The Hall–Kier alpha value is -3.74. The number of nitrogens with zero attached hydrogens (tertiary/aromatic N) is 5. The minimum atomic E-state index is -0.225. The molecule has 5 rings (SSSR count). The number of halogens is 1. The number of benzene rings is 2. The molecule has 1 aliphatic rings. The summed E-state index contributed by atoms with van der Waals surface area (Å²) in [5.41, 5.74) is 3.94. The van der Waals surface area contributed by atoms with Crippen LogP contribution in [0.5, 0.6) is 5.75 Å². The molecule has 7 heteroatoms. The van der Waals surface area contributed by atoms with Crippen molar-refractivity contribution in [2.45, 2.75) is 32.7 Å². The summed E-state index contributed by atoms with van der Waals surface area (Å²) in [4.78, 5) is 9.11. The molecule has 0 aliphatic carbocycles. The molecular weight excluding hydrogens is 417 g/mol. The second-order valence-electron chi connectivity index (χ2n) is 8.64. The van der Waals surface area contributed by atoms with Gasteiger partial charge in [-0.2, -0.15) is 5.10 Å². The Morgan fingerprint density at radius 3 is 2.67 bits per heavy atom. The van der Waals surface area contributed by atoms with Crippen LogP contribution >= 0.6 is 0 Å². The summed E-state index contributed by atoms with van der Waals surface area (Å²) in [6.45, 7) is 5.01. The molecule has 6 nitrogen and oxygen atoms in total. The molecular formula is C26H26FN5O. The van der Waals surface area contributed by atoms with Gasteiger partial charge in [0.25, 0.3) is 0 Å². The highest BCUT2D eigenvalue weighted by Gasteiger charge is 2.29. The van der Waals surface area contributed by atoms with Crippen LogP contribution in [0, 0.1) is 18.7 Å². The fraction of sp³-hybridized carbons (Fsp3) is 0.269. The lowest BCUT2D eigenvalue weighted by atomic mass is 9.86. The van der Waals surface area contributed by atoms with Gasteiger partial charge in [-0.1, -0.05) is 31.2 Å². The molecule has 0 N–H and O–H groups in total. The van der Waals surface area contributed by atoms with Gasteiger partial charge < -0.3 is 9.30 Å². The topological polar surface area (TPSA) is 57.8 Å². The minimum absolute atomic E-state index is 0.113. The van der Waals surface area contributed by atoms with Crippen LogP contribution in [0.15, 0.2) is 55.0 Å². The molecule has 0 bridgehead atoms. The number of aromatic nitrogens is 5. The van der Waals surface area contributed by atoms with Gasteiger partial charge in [0.1, 0.15) is 17.4 Å². The van der Waals surface area contributed by atoms with Gasteiger partial charge in [-0.05, 0) is 60.7 Å². The molecule has 0 amide bonds. The summed E-state index contributed by atoms with van der Waals surface area (Å²) in [7, 11) is 1.66. The SMILES string of the molecule is COc1cc(C=Cc2nc3n(n2)C[C@H](C)C[C@@H]3c2ccc(F)cc2)ccc1-n1cnc(C)c1. The molecule has 2 aromatic carbocycles. The molecule has 4 aromatic rings. The summed E-state index contributed by atoms with van der Waals surface area (Å²) in [6, 6.07) is 12.8. The highest BCUT2D eigenvalue weighted by Crippen LogP contribution is 2.35. The summed E-state index contributed by atoms with van der Waals surface area (Å²) in [5, 5.41) is 4.72. The molecule has 0 saturated carbocycles. The first kappa shape index (κ1) is 21.1. The van der Waals surface area contributed by atoms with E-state index in [9.17, 15) is 4.39 Å². The number of imidazole rings is 1. The van der Waals surface area contributed by atoms with Gasteiger partial charge in [0.2, 0.25) is 0 Å². The predicted molar refractivity (Wildman–Crippen MR) is 126 cm³/mol. The van der Waals surface area contributed by atoms with Crippen molar-refractivity contribution in [1.29, 1.82) is 0 Å². The van der Waals surface area contributed by atoms with Crippen molar-refractivity contribution in [2.24, 2.45) is 5.92 Å². The second-order valence-corrected chi connectivity index (χ2v) is 8.64. The third-order valence-corrected chi connectivity index (χ3v) is 6.04. The van der Waals surface area contributed by atoms with Crippen molar-refractivity contribution in [3.05, 3.63) is 89.3 Å². The van der Waals surface area contributed by atoms with E-state index in [1.54, 1.807) is 13.4 Å². The van der Waals surface area contributed by atoms with Gasteiger partial charge >= 0.3 is 0 Å². The van der Waals surface area contributed by atoms with E-state index in [1.807, 2.05) is 64.9 Å². The zero-order valence-corrected chi connectivity index (χ0v) is 18.9. The van der Waals surface area contributed by atoms with Crippen molar-refractivity contribution >= 4 is 12.2 Å². The van der Waals surface area contributed by atoms with Gasteiger partial charge in [-0.25, -0.2) is 19.0 Å². The highest BCUT2D eigenvalue weighted by molar-refractivity contribution is 5.69. The third kappa shape index (κ3) is 4.31. The lowest BCUT2D eigenvalue weighted by Gasteiger charge is -2.27. The van der Waals surface area contributed by atoms with Crippen LogP contribution in [0.4, 0.5) is 4.39 Å². The third-order valence-electron chi connectivity index (χ3n) is 6.04. The molecule has 3 heterocycles. The molecule has 2 aromatic heterocycles. The van der Waals surface area contributed by atoms with E-state index >= 15 is 0 Å². The number of fused-ring (bicyclic) bond motifs is 1. The van der Waals surface area contributed by atoms with E-state index in [4.69, 9.17) is 14.8 Å². The molecule has 0 fully saturated rings. The van der Waals surface area contributed by atoms with E-state index < -0.39 is 0 Å². The molecule has 0 unspecified atom stereocenters. The van der Waals surface area contributed by atoms with Crippen LogP contribution in [0.1, 0.15) is 47.7 Å². The molecule has 1 aliphatic heterocycles. The Labute approximate surface area is 192 Å². The number of rotatable bonds is 5. The van der Waals surface area contributed by atoms with Crippen molar-refractivity contribution in [2.75, 3.05) is 7.11 Å². The van der Waals surface area contributed by atoms with Crippen molar-refractivity contribution in [3.63, 3.8) is 0 Å². The maximum Gasteiger partial charge on any atom is 0.174 e. The summed E-state index contributed by atoms with van der Waals surface area (Å²) in [6.07, 6.45) is 8.63. The van der Waals surface area contributed by atoms with Crippen molar-refractivity contribution < 1.29 is 9.13 Å². The fourth-order valence-corrected chi connectivity index (χ4v) is 4.43. The van der Waals surface area contributed by atoms with Crippen LogP contribution in [-0.2, 0) is 6.54 Å². The molecule has 0 radical (unpaired) electrons. The van der Waals surface area contributed by atoms with E-state index in [1.165, 1.54) is 12.1 Å². The van der Waals surface area contributed by atoms with Crippen LogP contribution < -0.4 is 4.74 Å². The molecule has 33 heavy (non-hydrogen) atoms. The lowest BCUT2D eigenvalue weighted by molar-refractivity contribution is 0.342. The highest BCUT2D eigenvalue weighted by atomic mass is 19.1. The maximum atomic E-state index is 13.4. The Balaban J connectivity index is 1.42.